The van der Waals surface area contributed by atoms with Crippen molar-refractivity contribution in [2.75, 3.05) is 20.1 Å². The highest BCUT2D eigenvalue weighted by molar-refractivity contribution is 6.06. The van der Waals surface area contributed by atoms with Gasteiger partial charge in [0.25, 0.3) is 5.91 Å². The molecule has 3 N–H and O–H groups in total. The summed E-state index contributed by atoms with van der Waals surface area (Å²) in [7, 11) is 1.55. The van der Waals surface area contributed by atoms with Crippen LogP contribution in [0, 0.1) is 0 Å². The number of halogens is 3. The highest BCUT2D eigenvalue weighted by Gasteiger charge is 2.45. The number of amides is 3. The van der Waals surface area contributed by atoms with Gasteiger partial charge in [0.05, 0.1) is 5.56 Å². The molecule has 7 nitrogen and oxygen atoms in total. The van der Waals surface area contributed by atoms with Crippen LogP contribution in [0.2, 0.25) is 0 Å². The van der Waals surface area contributed by atoms with Gasteiger partial charge in [-0.1, -0.05) is 19.1 Å². The van der Waals surface area contributed by atoms with Crippen molar-refractivity contribution in [3.8, 4) is 0 Å². The molecule has 1 aromatic carbocycles. The SMILES string of the molecule is CCC1(C)NC(=O)N(CCCNC(=NC)NCc2cccc(C(F)(F)F)c2)C1=O. The normalized spacial score (nSPS) is 20.1. The fraction of sp³-hybridized carbons (Fsp3) is 0.526. The standard InChI is InChI=1S/C19H26F3N5O2/c1-4-18(2)15(28)27(17(29)26-18)10-6-9-24-16(23-3)25-12-13-7-5-8-14(11-13)19(20,21)22/h5,7-8,11H,4,6,9-10,12H2,1-3H3,(H,26,29)(H2,23,24,25). The van der Waals surface area contributed by atoms with Gasteiger partial charge in [0.2, 0.25) is 0 Å². The maximum atomic E-state index is 12.8. The van der Waals surface area contributed by atoms with Gasteiger partial charge < -0.3 is 16.0 Å². The number of carbonyl (C=O) groups is 2. The van der Waals surface area contributed by atoms with E-state index in [0.29, 0.717) is 30.9 Å². The zero-order valence-electron chi connectivity index (χ0n) is 16.7. The second kappa shape index (κ2) is 9.15. The molecule has 160 valence electrons. The van der Waals surface area contributed by atoms with Gasteiger partial charge in [0, 0.05) is 26.7 Å². The summed E-state index contributed by atoms with van der Waals surface area (Å²) in [5.74, 6) is 0.176. The van der Waals surface area contributed by atoms with Gasteiger partial charge >= 0.3 is 12.2 Å². The number of aliphatic imine (C=N–C) groups is 1. The second-order valence-corrected chi connectivity index (χ2v) is 6.98. The minimum absolute atomic E-state index is 0.172. The van der Waals surface area contributed by atoms with E-state index in [1.807, 2.05) is 6.92 Å². The Labute approximate surface area is 167 Å². The van der Waals surface area contributed by atoms with Crippen LogP contribution >= 0.6 is 0 Å². The maximum absolute atomic E-state index is 12.8. The minimum Gasteiger partial charge on any atom is -0.356 e. The van der Waals surface area contributed by atoms with Crippen LogP contribution < -0.4 is 16.0 Å². The highest BCUT2D eigenvalue weighted by Crippen LogP contribution is 2.29. The van der Waals surface area contributed by atoms with E-state index in [2.05, 4.69) is 20.9 Å². The van der Waals surface area contributed by atoms with Crippen molar-refractivity contribution >= 4 is 17.9 Å². The number of carbonyl (C=O) groups excluding carboxylic acids is 2. The largest absolute Gasteiger partial charge is 0.416 e. The number of imide groups is 1. The summed E-state index contributed by atoms with van der Waals surface area (Å²) in [6.45, 7) is 4.40. The number of hydrogen-bond acceptors (Lipinski definition) is 3. The second-order valence-electron chi connectivity index (χ2n) is 6.98. The van der Waals surface area contributed by atoms with E-state index in [0.717, 1.165) is 12.1 Å². The lowest BCUT2D eigenvalue weighted by molar-refractivity contribution is -0.137. The van der Waals surface area contributed by atoms with Gasteiger partial charge in [-0.15, -0.1) is 0 Å². The average molecular weight is 413 g/mol. The Balaban J connectivity index is 1.79. The van der Waals surface area contributed by atoms with E-state index in [-0.39, 0.29) is 19.0 Å². The molecule has 0 aliphatic carbocycles. The first-order valence-corrected chi connectivity index (χ1v) is 9.35. The number of hydrogen-bond donors (Lipinski definition) is 3. The van der Waals surface area contributed by atoms with Crippen LogP contribution in [0.15, 0.2) is 29.3 Å². The molecule has 0 saturated carbocycles. The number of benzene rings is 1. The van der Waals surface area contributed by atoms with Gasteiger partial charge in [-0.05, 0) is 37.5 Å². The average Bonchev–Trinajstić information content (AvgIpc) is 2.90. The smallest absolute Gasteiger partial charge is 0.356 e. The quantitative estimate of drug-likeness (QED) is 0.278. The van der Waals surface area contributed by atoms with Crippen LogP contribution in [0.5, 0.6) is 0 Å². The lowest BCUT2D eigenvalue weighted by Gasteiger charge is -2.19. The van der Waals surface area contributed by atoms with Crippen LogP contribution in [-0.2, 0) is 17.5 Å². The number of nitrogens with one attached hydrogen (secondary N) is 3. The molecule has 1 saturated heterocycles. The zero-order valence-corrected chi connectivity index (χ0v) is 16.7. The molecule has 3 amide bonds. The Hall–Kier alpha value is -2.78. The Morgan fingerprint density at radius 1 is 1.28 bits per heavy atom. The van der Waals surface area contributed by atoms with E-state index < -0.39 is 23.3 Å². The third-order valence-corrected chi connectivity index (χ3v) is 4.84. The van der Waals surface area contributed by atoms with Crippen LogP contribution in [-0.4, -0.2) is 48.5 Å². The Morgan fingerprint density at radius 3 is 2.59 bits per heavy atom. The van der Waals surface area contributed by atoms with Gasteiger partial charge in [-0.25, -0.2) is 4.79 Å². The van der Waals surface area contributed by atoms with Crippen molar-refractivity contribution in [3.05, 3.63) is 35.4 Å². The molecule has 29 heavy (non-hydrogen) atoms. The number of guanidine groups is 1. The van der Waals surface area contributed by atoms with E-state index in [9.17, 15) is 22.8 Å². The molecule has 1 atom stereocenters. The molecule has 1 aliphatic heterocycles. The maximum Gasteiger partial charge on any atom is 0.416 e. The molecule has 1 fully saturated rings. The minimum atomic E-state index is -4.39. The Bertz CT molecular complexity index is 781. The molecular formula is C19H26F3N5O2. The summed E-state index contributed by atoms with van der Waals surface area (Å²) < 4.78 is 38.3. The van der Waals surface area contributed by atoms with Crippen molar-refractivity contribution in [2.45, 2.75) is 44.9 Å². The molecular weight excluding hydrogens is 387 g/mol. The third kappa shape index (κ3) is 5.61. The molecule has 1 unspecified atom stereocenters. The number of alkyl halides is 3. The van der Waals surface area contributed by atoms with Gasteiger partial charge in [-0.2, -0.15) is 13.2 Å². The number of urea groups is 1. The van der Waals surface area contributed by atoms with Crippen molar-refractivity contribution in [1.82, 2.24) is 20.9 Å². The number of rotatable bonds is 7. The molecule has 1 aliphatic rings. The van der Waals surface area contributed by atoms with Gasteiger partial charge in [0.15, 0.2) is 5.96 Å². The lowest BCUT2D eigenvalue weighted by Crippen LogP contribution is -2.43. The van der Waals surface area contributed by atoms with Crippen LogP contribution in [0.25, 0.3) is 0 Å². The molecule has 0 bridgehead atoms. The van der Waals surface area contributed by atoms with Crippen molar-refractivity contribution in [1.29, 1.82) is 0 Å². The van der Waals surface area contributed by atoms with Crippen LogP contribution in [0.1, 0.15) is 37.8 Å². The summed E-state index contributed by atoms with van der Waals surface area (Å²) in [6, 6.07) is 4.67. The first-order chi connectivity index (χ1) is 13.6. The topological polar surface area (TPSA) is 85.8 Å². The van der Waals surface area contributed by atoms with Crippen molar-refractivity contribution < 1.29 is 22.8 Å². The molecule has 1 heterocycles. The molecule has 2 rings (SSSR count). The lowest BCUT2D eigenvalue weighted by atomic mass is 9.99. The Kier molecular flexibility index (Phi) is 7.10. The zero-order chi connectivity index (χ0) is 21.7. The van der Waals surface area contributed by atoms with Crippen LogP contribution in [0.4, 0.5) is 18.0 Å². The van der Waals surface area contributed by atoms with Gasteiger partial charge in [-0.3, -0.25) is 14.7 Å². The van der Waals surface area contributed by atoms with Crippen molar-refractivity contribution in [2.24, 2.45) is 4.99 Å². The summed E-state index contributed by atoms with van der Waals surface area (Å²) >= 11 is 0. The van der Waals surface area contributed by atoms with E-state index in [1.54, 1.807) is 20.0 Å². The van der Waals surface area contributed by atoms with E-state index in [1.165, 1.54) is 11.0 Å². The molecule has 0 spiro atoms. The Morgan fingerprint density at radius 2 is 2.00 bits per heavy atom. The molecule has 0 radical (unpaired) electrons. The first kappa shape index (κ1) is 22.5. The number of nitrogens with zero attached hydrogens (tertiary/aromatic N) is 2. The van der Waals surface area contributed by atoms with Crippen molar-refractivity contribution in [3.63, 3.8) is 0 Å². The predicted molar refractivity (Wildman–Crippen MR) is 103 cm³/mol. The monoisotopic (exact) mass is 413 g/mol. The van der Waals surface area contributed by atoms with Crippen LogP contribution in [0.3, 0.4) is 0 Å². The summed E-state index contributed by atoms with van der Waals surface area (Å²) in [5, 5.41) is 8.66. The highest BCUT2D eigenvalue weighted by atomic mass is 19.4. The predicted octanol–water partition coefficient (Wildman–Crippen LogP) is 2.48. The summed E-state index contributed by atoms with van der Waals surface area (Å²) in [4.78, 5) is 29.5. The fourth-order valence-electron chi connectivity index (χ4n) is 2.90. The molecule has 1 aromatic rings. The molecule has 0 aromatic heterocycles. The van der Waals surface area contributed by atoms with E-state index in [4.69, 9.17) is 0 Å². The summed E-state index contributed by atoms with van der Waals surface area (Å²) in [5.41, 5.74) is -1.08. The first-order valence-electron chi connectivity index (χ1n) is 9.35. The summed E-state index contributed by atoms with van der Waals surface area (Å²) in [6.07, 6.45) is -3.37. The fourth-order valence-corrected chi connectivity index (χ4v) is 2.90. The van der Waals surface area contributed by atoms with E-state index >= 15 is 0 Å². The van der Waals surface area contributed by atoms with Gasteiger partial charge in [0.1, 0.15) is 5.54 Å². The third-order valence-electron chi connectivity index (χ3n) is 4.84. The molecule has 10 heteroatoms.